The molecule has 3 fully saturated rings. The number of carbonyl (C=O) groups is 3. The molecule has 34 heavy (non-hydrogen) atoms. The molecule has 0 heterocycles. The lowest BCUT2D eigenvalue weighted by Gasteiger charge is -2.59. The predicted molar refractivity (Wildman–Crippen MR) is 122 cm³/mol. The highest BCUT2D eigenvalue weighted by Crippen LogP contribution is 2.69. The molecule has 0 aliphatic heterocycles. The monoisotopic (exact) mass is 478 g/mol. The normalized spacial score (nSPS) is 43.3. The minimum Gasteiger partial charge on any atom is -0.450 e. The second kappa shape index (κ2) is 8.65. The minimum absolute atomic E-state index is 0.0840. The third kappa shape index (κ3) is 3.29. The Morgan fingerprint density at radius 3 is 2.65 bits per heavy atom. The average molecular weight is 479 g/mol. The summed E-state index contributed by atoms with van der Waals surface area (Å²) in [7, 11) is 0. The van der Waals surface area contributed by atoms with Crippen molar-refractivity contribution in [1.29, 1.82) is 0 Å². The van der Waals surface area contributed by atoms with Crippen molar-refractivity contribution in [2.45, 2.75) is 84.3 Å². The van der Waals surface area contributed by atoms with Crippen molar-refractivity contribution < 1.29 is 33.0 Å². The van der Waals surface area contributed by atoms with Crippen LogP contribution >= 0.6 is 0 Å². The van der Waals surface area contributed by atoms with Gasteiger partial charge >= 0.3 is 5.97 Å². The Hall–Kier alpha value is -1.89. The lowest BCUT2D eigenvalue weighted by molar-refractivity contribution is -0.204. The maximum atomic E-state index is 14.8. The summed E-state index contributed by atoms with van der Waals surface area (Å²) in [5, 5.41) is 11.5. The number of alkyl halides is 1. The van der Waals surface area contributed by atoms with Crippen molar-refractivity contribution in [1.82, 2.24) is 0 Å². The quantitative estimate of drug-likeness (QED) is 0.554. The number of ether oxygens (including phenoxy) is 1. The van der Waals surface area contributed by atoms with Crippen LogP contribution in [0.5, 0.6) is 0 Å². The van der Waals surface area contributed by atoms with Crippen LogP contribution in [0.4, 0.5) is 8.78 Å². The van der Waals surface area contributed by atoms with Crippen LogP contribution in [0.1, 0.15) is 72.6 Å². The van der Waals surface area contributed by atoms with Gasteiger partial charge in [-0.1, -0.05) is 40.2 Å². The zero-order chi connectivity index (χ0) is 25.1. The molecule has 7 heteroatoms. The van der Waals surface area contributed by atoms with Gasteiger partial charge < -0.3 is 9.84 Å². The third-order valence-electron chi connectivity index (χ3n) is 9.67. The molecule has 4 aliphatic carbocycles. The van der Waals surface area contributed by atoms with Crippen molar-refractivity contribution in [3.8, 4) is 0 Å². The molecule has 0 bridgehead atoms. The molecule has 0 aromatic rings. The van der Waals surface area contributed by atoms with E-state index in [0.717, 1.165) is 6.42 Å². The highest BCUT2D eigenvalue weighted by atomic mass is 19.1. The largest absolute Gasteiger partial charge is 0.450 e. The molecule has 0 aromatic heterocycles. The van der Waals surface area contributed by atoms with Crippen LogP contribution < -0.4 is 0 Å². The highest BCUT2D eigenvalue weighted by Gasteiger charge is 2.73. The minimum atomic E-state index is -1.64. The van der Waals surface area contributed by atoms with E-state index in [2.05, 4.69) is 0 Å². The van der Waals surface area contributed by atoms with Gasteiger partial charge in [0.15, 0.2) is 18.1 Å². The number of Topliss-reactive ketones (excluding diaryl/α,β-unsaturated/α-hetero) is 1. The van der Waals surface area contributed by atoms with Crippen LogP contribution in [0.3, 0.4) is 0 Å². The van der Waals surface area contributed by atoms with E-state index in [4.69, 9.17) is 4.74 Å². The number of fused-ring (bicyclic) bond motifs is 5. The van der Waals surface area contributed by atoms with Crippen molar-refractivity contribution in [2.24, 2.45) is 34.5 Å². The number of aliphatic hydroxyl groups is 1. The molecule has 1 N–H and O–H groups in total. The molecule has 0 aromatic carbocycles. The Bertz CT molecular complexity index is 957. The lowest BCUT2D eigenvalue weighted by atomic mass is 9.46. The molecule has 0 saturated heterocycles. The van der Waals surface area contributed by atoms with Crippen molar-refractivity contribution in [2.75, 3.05) is 6.67 Å². The second-order valence-corrected chi connectivity index (χ2v) is 11.3. The number of halogens is 2. The zero-order valence-electron chi connectivity index (χ0n) is 20.5. The lowest BCUT2D eigenvalue weighted by Crippen LogP contribution is -2.64. The first-order valence-corrected chi connectivity index (χ1v) is 12.6. The van der Waals surface area contributed by atoms with Gasteiger partial charge in [-0.15, -0.1) is 0 Å². The van der Waals surface area contributed by atoms with E-state index in [1.54, 1.807) is 6.08 Å². The van der Waals surface area contributed by atoms with E-state index in [9.17, 15) is 28.3 Å². The molecule has 3 saturated carbocycles. The highest BCUT2D eigenvalue weighted by molar-refractivity contribution is 6.04. The average Bonchev–Trinajstić information content (AvgIpc) is 3.01. The van der Waals surface area contributed by atoms with Crippen LogP contribution in [0, 0.1) is 34.5 Å². The van der Waals surface area contributed by atoms with E-state index in [0.29, 0.717) is 31.3 Å². The number of carbonyl (C=O) groups excluding carboxylic acids is 3. The maximum absolute atomic E-state index is 14.8. The number of rotatable bonds is 6. The first kappa shape index (κ1) is 25.2. The van der Waals surface area contributed by atoms with Gasteiger partial charge in [-0.25, -0.2) is 8.78 Å². The van der Waals surface area contributed by atoms with Crippen molar-refractivity contribution in [3.63, 3.8) is 0 Å². The summed E-state index contributed by atoms with van der Waals surface area (Å²) in [6.45, 7) is 6.27. The van der Waals surface area contributed by atoms with Crippen LogP contribution in [0.15, 0.2) is 23.6 Å². The summed E-state index contributed by atoms with van der Waals surface area (Å²) in [4.78, 5) is 38.0. The molecular formula is C27H36F2O5. The van der Waals surface area contributed by atoms with Crippen LogP contribution in [0.2, 0.25) is 0 Å². The number of aliphatic hydroxyl groups excluding tert-OH is 1. The molecule has 4 aliphatic rings. The first-order valence-electron chi connectivity index (χ1n) is 12.6. The molecule has 0 radical (unpaired) electrons. The SMILES string of the molecule is CCCCC(=O)O[C@@]1(C(=O)CF)[C@@H](C)C[C@H]2[C@@H]3CCC4=C(F)C(=O)C=C[C@]4(C)[C@H]3[C@@H](O)C[C@@]21C. The van der Waals surface area contributed by atoms with Crippen molar-refractivity contribution >= 4 is 17.5 Å². The molecule has 8 atom stereocenters. The van der Waals surface area contributed by atoms with Gasteiger partial charge in [0.05, 0.1) is 6.10 Å². The van der Waals surface area contributed by atoms with E-state index in [-0.39, 0.29) is 30.6 Å². The number of unbranched alkanes of at least 4 members (excludes halogenated alkanes) is 1. The topological polar surface area (TPSA) is 80.7 Å². The van der Waals surface area contributed by atoms with Gasteiger partial charge in [0.25, 0.3) is 0 Å². The number of allylic oxidation sites excluding steroid dienone is 4. The first-order chi connectivity index (χ1) is 16.0. The summed E-state index contributed by atoms with van der Waals surface area (Å²) in [6, 6.07) is 0. The standard InChI is InChI=1S/C27H36F2O5/c1-5-6-7-22(33)34-27(21(32)14-28)15(2)12-18-16-8-9-17-24(29)19(30)10-11-25(17,3)23(16)20(31)13-26(18,27)4/h10-11,15-16,18,20,23,31H,5-9,12-14H2,1-4H3/t15-,16-,18-,20-,23+,25-,26-,27+/m0/s1. The van der Waals surface area contributed by atoms with E-state index in [1.165, 1.54) is 6.08 Å². The summed E-state index contributed by atoms with van der Waals surface area (Å²) in [5.74, 6) is -3.56. The van der Waals surface area contributed by atoms with Crippen LogP contribution in [0.25, 0.3) is 0 Å². The summed E-state index contributed by atoms with van der Waals surface area (Å²) >= 11 is 0. The number of hydrogen-bond donors (Lipinski definition) is 1. The van der Waals surface area contributed by atoms with Gasteiger partial charge in [-0.05, 0) is 55.6 Å². The smallest absolute Gasteiger partial charge is 0.306 e. The zero-order valence-corrected chi connectivity index (χ0v) is 20.5. The van der Waals surface area contributed by atoms with Crippen LogP contribution in [-0.2, 0) is 19.1 Å². The number of hydrogen-bond acceptors (Lipinski definition) is 5. The van der Waals surface area contributed by atoms with E-state index >= 15 is 0 Å². The molecule has 0 spiro atoms. The Morgan fingerprint density at radius 1 is 1.29 bits per heavy atom. The molecular weight excluding hydrogens is 442 g/mol. The summed E-state index contributed by atoms with van der Waals surface area (Å²) in [6.07, 6.45) is 5.24. The Balaban J connectivity index is 1.77. The fraction of sp³-hybridized carbons (Fsp3) is 0.741. The van der Waals surface area contributed by atoms with Gasteiger partial charge in [-0.2, -0.15) is 0 Å². The Labute approximate surface area is 200 Å². The number of esters is 1. The van der Waals surface area contributed by atoms with E-state index < -0.39 is 58.5 Å². The van der Waals surface area contributed by atoms with Gasteiger partial charge in [0.2, 0.25) is 11.6 Å². The van der Waals surface area contributed by atoms with Gasteiger partial charge in [-0.3, -0.25) is 14.4 Å². The molecule has 5 nitrogen and oxygen atoms in total. The fourth-order valence-corrected chi connectivity index (χ4v) is 8.25. The molecule has 188 valence electrons. The molecule has 0 amide bonds. The third-order valence-corrected chi connectivity index (χ3v) is 9.67. The summed E-state index contributed by atoms with van der Waals surface area (Å²) < 4.78 is 34.8. The van der Waals surface area contributed by atoms with Gasteiger partial charge in [0, 0.05) is 29.1 Å². The van der Waals surface area contributed by atoms with E-state index in [1.807, 2.05) is 27.7 Å². The van der Waals surface area contributed by atoms with Gasteiger partial charge in [0.1, 0.15) is 0 Å². The molecule has 0 unspecified atom stereocenters. The predicted octanol–water partition coefficient (Wildman–Crippen LogP) is 4.82. The van der Waals surface area contributed by atoms with Crippen LogP contribution in [-0.4, -0.2) is 41.0 Å². The number of ketones is 2. The molecule has 4 rings (SSSR count). The second-order valence-electron chi connectivity index (χ2n) is 11.3. The summed E-state index contributed by atoms with van der Waals surface area (Å²) in [5.41, 5.74) is -2.95. The fourth-order valence-electron chi connectivity index (χ4n) is 8.25. The maximum Gasteiger partial charge on any atom is 0.306 e. The Morgan fingerprint density at radius 2 is 2.00 bits per heavy atom. The van der Waals surface area contributed by atoms with Crippen molar-refractivity contribution in [3.05, 3.63) is 23.6 Å². The Kier molecular flexibility index (Phi) is 6.41.